The molecule has 0 saturated heterocycles. The number of aryl methyl sites for hydroxylation is 1. The molecule has 1 atom stereocenters. The number of nitrogens with zero attached hydrogens (tertiary/aromatic N) is 2. The van der Waals surface area contributed by atoms with Gasteiger partial charge in [-0.2, -0.15) is 0 Å². The number of aromatic nitrogens is 2. The number of hydrogen-bond donors (Lipinski definition) is 2. The Bertz CT molecular complexity index is 944. The Morgan fingerprint density at radius 3 is 2.79 bits per heavy atom. The molecule has 2 heterocycles. The number of aromatic amines is 1. The third-order valence-corrected chi connectivity index (χ3v) is 5.33. The fraction of sp³-hybridized carbons (Fsp3) is 0.550. The summed E-state index contributed by atoms with van der Waals surface area (Å²) in [6.07, 6.45) is 4.17. The molecule has 0 spiro atoms. The van der Waals surface area contributed by atoms with Crippen molar-refractivity contribution in [2.24, 2.45) is 0 Å². The molecule has 2 aromatic rings. The minimum Gasteiger partial charge on any atom is -0.459 e. The van der Waals surface area contributed by atoms with Crippen LogP contribution < -0.4 is 5.56 Å². The van der Waals surface area contributed by atoms with Crippen molar-refractivity contribution >= 4 is 27.5 Å². The quantitative estimate of drug-likeness (QED) is 0.342. The highest BCUT2D eigenvalue weighted by Crippen LogP contribution is 2.28. The van der Waals surface area contributed by atoms with E-state index in [0.29, 0.717) is 46.1 Å². The van der Waals surface area contributed by atoms with Gasteiger partial charge in [-0.15, -0.1) is 17.8 Å². The minimum atomic E-state index is -0.708. The van der Waals surface area contributed by atoms with E-state index in [2.05, 4.69) is 15.9 Å². The van der Waals surface area contributed by atoms with Crippen LogP contribution in [0.25, 0.3) is 10.2 Å². The first-order valence-electron chi connectivity index (χ1n) is 9.41. The monoisotopic (exact) mass is 421 g/mol. The molecule has 0 amide bonds. The van der Waals surface area contributed by atoms with Crippen LogP contribution in [0.3, 0.4) is 0 Å². The lowest BCUT2D eigenvalue weighted by atomic mass is 10.2. The lowest BCUT2D eigenvalue weighted by Gasteiger charge is -2.22. The average Bonchev–Trinajstić information content (AvgIpc) is 2.98. The molecule has 29 heavy (non-hydrogen) atoms. The molecule has 0 unspecified atom stereocenters. The molecule has 158 valence electrons. The topological polar surface area (TPSA) is 105 Å². The van der Waals surface area contributed by atoms with E-state index < -0.39 is 12.1 Å². The molecule has 2 N–H and O–H groups in total. The van der Waals surface area contributed by atoms with E-state index in [1.165, 1.54) is 0 Å². The first-order chi connectivity index (χ1) is 13.8. The Morgan fingerprint density at radius 1 is 1.45 bits per heavy atom. The van der Waals surface area contributed by atoms with Crippen LogP contribution in [0, 0.1) is 19.3 Å². The predicted molar refractivity (Wildman–Crippen MR) is 112 cm³/mol. The van der Waals surface area contributed by atoms with Gasteiger partial charge in [0.25, 0.3) is 5.56 Å². The number of carbonyl (C=O) groups excluding carboxylic acids is 1. The summed E-state index contributed by atoms with van der Waals surface area (Å²) >= 11 is 1.15. The highest BCUT2D eigenvalue weighted by Gasteiger charge is 2.21. The van der Waals surface area contributed by atoms with Gasteiger partial charge in [-0.05, 0) is 32.9 Å². The Hall–Kier alpha value is -2.25. The van der Waals surface area contributed by atoms with Gasteiger partial charge >= 0.3 is 5.97 Å². The summed E-state index contributed by atoms with van der Waals surface area (Å²) in [7, 11) is 0. The number of carbonyl (C=O) groups is 1. The number of rotatable bonds is 10. The van der Waals surface area contributed by atoms with Crippen LogP contribution in [0.15, 0.2) is 4.79 Å². The number of esters is 1. The van der Waals surface area contributed by atoms with Gasteiger partial charge < -0.3 is 19.6 Å². The summed E-state index contributed by atoms with van der Waals surface area (Å²) in [5.41, 5.74) is 0.278. The molecular weight excluding hydrogens is 394 g/mol. The van der Waals surface area contributed by atoms with E-state index in [4.69, 9.17) is 15.9 Å². The molecule has 0 aliphatic rings. The number of likely N-dealkylation sites (N-methyl/N-ethyl adjacent to an activating group) is 1. The number of thiophene rings is 1. The Morgan fingerprint density at radius 2 is 2.17 bits per heavy atom. The molecule has 9 heteroatoms. The highest BCUT2D eigenvalue weighted by molar-refractivity contribution is 7.20. The Kier molecular flexibility index (Phi) is 8.34. The van der Waals surface area contributed by atoms with Crippen LogP contribution in [0.1, 0.15) is 41.8 Å². The fourth-order valence-corrected chi connectivity index (χ4v) is 3.93. The third kappa shape index (κ3) is 6.11. The van der Waals surface area contributed by atoms with Crippen molar-refractivity contribution in [3.8, 4) is 12.3 Å². The second kappa shape index (κ2) is 10.5. The van der Waals surface area contributed by atoms with E-state index in [-0.39, 0.29) is 24.9 Å². The van der Waals surface area contributed by atoms with E-state index in [1.54, 1.807) is 20.8 Å². The number of ether oxygens (including phenoxy) is 2. The lowest BCUT2D eigenvalue weighted by molar-refractivity contribution is 0.0267. The van der Waals surface area contributed by atoms with Gasteiger partial charge in [-0.3, -0.25) is 9.69 Å². The maximum absolute atomic E-state index is 12.6. The van der Waals surface area contributed by atoms with Crippen LogP contribution in [0.5, 0.6) is 0 Å². The highest BCUT2D eigenvalue weighted by atomic mass is 32.1. The Balaban J connectivity index is 2.20. The van der Waals surface area contributed by atoms with E-state index in [1.807, 2.05) is 11.8 Å². The van der Waals surface area contributed by atoms with Gasteiger partial charge in [0.05, 0.1) is 30.7 Å². The zero-order chi connectivity index (χ0) is 21.6. The molecule has 0 saturated carbocycles. The van der Waals surface area contributed by atoms with E-state index in [0.717, 1.165) is 11.3 Å². The van der Waals surface area contributed by atoms with Crippen molar-refractivity contribution in [3.63, 3.8) is 0 Å². The molecule has 2 rings (SSSR count). The SMILES string of the molecule is C#CCOC[C@H](O)CN(CC)Cc1nc2sc(C(=O)OC(C)C)c(C)c2c(=O)[nH]1. The first-order valence-corrected chi connectivity index (χ1v) is 10.2. The number of fused-ring (bicyclic) bond motifs is 1. The molecule has 0 aliphatic carbocycles. The van der Waals surface area contributed by atoms with Crippen LogP contribution in [0.4, 0.5) is 0 Å². The summed E-state index contributed by atoms with van der Waals surface area (Å²) in [5, 5.41) is 10.5. The standard InChI is InChI=1S/C20H27N3O5S/c1-6-8-27-11-14(24)9-23(7-2)10-15-21-18(25)16-13(5)17(29-19(16)22-15)20(26)28-12(3)4/h1,12,14,24H,7-11H2,2-5H3,(H,21,22,25)/t14-/m1/s1. The third-order valence-electron chi connectivity index (χ3n) is 4.16. The average molecular weight is 422 g/mol. The van der Waals surface area contributed by atoms with Gasteiger partial charge in [0.15, 0.2) is 0 Å². The second-order valence-corrected chi connectivity index (χ2v) is 7.90. The second-order valence-electron chi connectivity index (χ2n) is 6.90. The van der Waals surface area contributed by atoms with Gasteiger partial charge in [-0.25, -0.2) is 9.78 Å². The molecule has 0 bridgehead atoms. The molecule has 0 fully saturated rings. The normalized spacial score (nSPS) is 12.5. The molecular formula is C20H27N3O5S. The lowest BCUT2D eigenvalue weighted by Crippen LogP contribution is -2.35. The van der Waals surface area contributed by atoms with Crippen molar-refractivity contribution < 1.29 is 19.4 Å². The summed E-state index contributed by atoms with van der Waals surface area (Å²) in [6.45, 7) is 8.82. The van der Waals surface area contributed by atoms with Crippen molar-refractivity contribution in [2.45, 2.75) is 46.4 Å². The minimum absolute atomic E-state index is 0.134. The number of aliphatic hydroxyl groups is 1. The summed E-state index contributed by atoms with van der Waals surface area (Å²) in [6, 6.07) is 0. The summed E-state index contributed by atoms with van der Waals surface area (Å²) in [5.74, 6) is 2.36. The van der Waals surface area contributed by atoms with Crippen molar-refractivity contribution in [3.05, 3.63) is 26.6 Å². The predicted octanol–water partition coefficient (Wildman–Crippen LogP) is 1.69. The Labute approximate surface area is 173 Å². The summed E-state index contributed by atoms with van der Waals surface area (Å²) in [4.78, 5) is 35.0. The zero-order valence-electron chi connectivity index (χ0n) is 17.2. The maximum Gasteiger partial charge on any atom is 0.348 e. The van der Waals surface area contributed by atoms with Crippen LogP contribution in [-0.4, -0.2) is 64.5 Å². The fourth-order valence-electron chi connectivity index (χ4n) is 2.85. The number of H-pyrrole nitrogens is 1. The largest absolute Gasteiger partial charge is 0.459 e. The molecule has 2 aromatic heterocycles. The molecule has 0 aromatic carbocycles. The summed E-state index contributed by atoms with van der Waals surface area (Å²) < 4.78 is 10.4. The van der Waals surface area contributed by atoms with Gasteiger partial charge in [0, 0.05) is 6.54 Å². The number of nitrogens with one attached hydrogen (secondary N) is 1. The maximum atomic E-state index is 12.6. The number of terminal acetylenes is 1. The molecule has 0 radical (unpaired) electrons. The van der Waals surface area contributed by atoms with Gasteiger partial charge in [-0.1, -0.05) is 12.8 Å². The van der Waals surface area contributed by atoms with E-state index >= 15 is 0 Å². The van der Waals surface area contributed by atoms with Crippen molar-refractivity contribution in [1.82, 2.24) is 14.9 Å². The van der Waals surface area contributed by atoms with Crippen molar-refractivity contribution in [2.75, 3.05) is 26.3 Å². The van der Waals surface area contributed by atoms with Crippen molar-refractivity contribution in [1.29, 1.82) is 0 Å². The van der Waals surface area contributed by atoms with Crippen LogP contribution in [-0.2, 0) is 16.0 Å². The number of aliphatic hydroxyl groups excluding tert-OH is 1. The van der Waals surface area contributed by atoms with Crippen LogP contribution in [0.2, 0.25) is 0 Å². The van der Waals surface area contributed by atoms with Gasteiger partial charge in [0.2, 0.25) is 0 Å². The van der Waals surface area contributed by atoms with Gasteiger partial charge in [0.1, 0.15) is 22.1 Å². The molecule has 8 nitrogen and oxygen atoms in total. The number of hydrogen-bond acceptors (Lipinski definition) is 8. The van der Waals surface area contributed by atoms with E-state index in [9.17, 15) is 14.7 Å². The molecule has 0 aliphatic heterocycles. The zero-order valence-corrected chi connectivity index (χ0v) is 18.0. The first kappa shape index (κ1) is 23.0. The smallest absolute Gasteiger partial charge is 0.348 e. The van der Waals surface area contributed by atoms with Crippen LogP contribution >= 0.6 is 11.3 Å².